The van der Waals surface area contributed by atoms with Crippen molar-refractivity contribution in [2.45, 2.75) is 20.3 Å². The molecule has 0 atom stereocenters. The zero-order valence-electron chi connectivity index (χ0n) is 19.0. The molecule has 34 heavy (non-hydrogen) atoms. The molecule has 0 fully saturated rings. The summed E-state index contributed by atoms with van der Waals surface area (Å²) in [5.41, 5.74) is 1.62. The molecule has 0 unspecified atom stereocenters. The van der Waals surface area contributed by atoms with Crippen LogP contribution in [0.3, 0.4) is 0 Å². The molecule has 0 bridgehead atoms. The number of nitrogens with zero attached hydrogens (tertiary/aromatic N) is 1. The third-order valence-electron chi connectivity index (χ3n) is 4.21. The fraction of sp³-hybridized carbons (Fsp3) is 0.200. The van der Waals surface area contributed by atoms with Crippen LogP contribution in [0.25, 0.3) is 0 Å². The molecule has 1 aromatic heterocycles. The summed E-state index contributed by atoms with van der Waals surface area (Å²) < 4.78 is 16.2. The number of H-pyrrole nitrogens is 1. The molecule has 4 nitrogen and oxygen atoms in total. The molecule has 0 aliphatic rings. The van der Waals surface area contributed by atoms with Crippen LogP contribution in [0.5, 0.6) is 0 Å². The lowest BCUT2D eigenvalue weighted by Gasteiger charge is -2.07. The molecule has 0 spiro atoms. The second-order valence-corrected chi connectivity index (χ2v) is 9.10. The number of hydrogen-bond donors (Lipinski definition) is 2. The molecule has 2 aromatic carbocycles. The molecular weight excluding hydrogens is 562 g/mol. The molecule has 1 N–H and O–H groups in total. The lowest BCUT2D eigenvalue weighted by Crippen LogP contribution is -2.08. The molecule has 0 saturated heterocycles. The van der Waals surface area contributed by atoms with Crippen LogP contribution < -0.4 is 0 Å². The minimum absolute atomic E-state index is 0.0700. The van der Waals surface area contributed by atoms with Crippen molar-refractivity contribution >= 4 is 63.8 Å². The number of nitrogens with one attached hydrogen (secondary N) is 1. The van der Waals surface area contributed by atoms with Crippen LogP contribution in [-0.2, 0) is 7.05 Å². The normalized spacial score (nSPS) is 9.65. The second-order valence-electron chi connectivity index (χ2n) is 6.93. The lowest BCUT2D eigenvalue weighted by molar-refractivity contribution is 0.103. The Kier molecular flexibility index (Phi) is 13.9. The van der Waals surface area contributed by atoms with Gasteiger partial charge in [0.15, 0.2) is 12.1 Å². The van der Waals surface area contributed by atoms with Crippen molar-refractivity contribution in [3.8, 4) is 0 Å². The summed E-state index contributed by atoms with van der Waals surface area (Å²) in [4.78, 5) is 22.8. The first-order chi connectivity index (χ1) is 16.2. The first kappa shape index (κ1) is 30.0. The van der Waals surface area contributed by atoms with Gasteiger partial charge in [0, 0.05) is 29.5 Å². The van der Waals surface area contributed by atoms with E-state index in [0.717, 1.165) is 15.8 Å². The van der Waals surface area contributed by atoms with E-state index < -0.39 is 5.82 Å². The predicted molar refractivity (Wildman–Crippen MR) is 146 cm³/mol. The summed E-state index contributed by atoms with van der Waals surface area (Å²) in [7, 11) is 1.77. The van der Waals surface area contributed by atoms with E-state index in [4.69, 9.17) is 23.2 Å². The van der Waals surface area contributed by atoms with Crippen LogP contribution in [0, 0.1) is 12.7 Å². The number of aldehydes is 1. The van der Waals surface area contributed by atoms with Crippen molar-refractivity contribution in [1.29, 1.82) is 0 Å². The van der Waals surface area contributed by atoms with Gasteiger partial charge >= 0.3 is 0 Å². The molecule has 0 saturated carbocycles. The summed E-state index contributed by atoms with van der Waals surface area (Å²) in [5.74, 6) is 0.158. The first-order valence-electron chi connectivity index (χ1n) is 10.2. The summed E-state index contributed by atoms with van der Waals surface area (Å²) in [6.45, 7) is 3.92. The molecule has 3 aromatic rings. The summed E-state index contributed by atoms with van der Waals surface area (Å²) in [5, 5.41) is 3.75. The molecule has 0 amide bonds. The molecule has 182 valence electrons. The van der Waals surface area contributed by atoms with Crippen molar-refractivity contribution in [2.75, 3.05) is 5.75 Å². The van der Waals surface area contributed by atoms with Gasteiger partial charge in [0.2, 0.25) is 0 Å². The van der Waals surface area contributed by atoms with Gasteiger partial charge in [-0.2, -0.15) is 12.6 Å². The van der Waals surface area contributed by atoms with E-state index in [0.29, 0.717) is 27.5 Å². The van der Waals surface area contributed by atoms with E-state index in [1.165, 1.54) is 18.6 Å². The number of ketones is 1. The Labute approximate surface area is 223 Å². The van der Waals surface area contributed by atoms with Gasteiger partial charge in [-0.1, -0.05) is 48.3 Å². The minimum Gasteiger partial charge on any atom is -0.305 e. The highest BCUT2D eigenvalue weighted by Crippen LogP contribution is 2.21. The van der Waals surface area contributed by atoms with Crippen LogP contribution >= 0.6 is 51.8 Å². The van der Waals surface area contributed by atoms with Gasteiger partial charge in [-0.25, -0.2) is 4.39 Å². The largest absolute Gasteiger partial charge is 0.305 e. The number of halogens is 4. The van der Waals surface area contributed by atoms with Gasteiger partial charge < -0.3 is 5.10 Å². The van der Waals surface area contributed by atoms with E-state index in [9.17, 15) is 14.0 Å². The van der Waals surface area contributed by atoms with Crippen molar-refractivity contribution < 1.29 is 14.0 Å². The van der Waals surface area contributed by atoms with Crippen LogP contribution in [-0.4, -0.2) is 27.6 Å². The van der Waals surface area contributed by atoms with E-state index >= 15 is 0 Å². The highest BCUT2D eigenvalue weighted by atomic mass is 79.9. The van der Waals surface area contributed by atoms with Crippen molar-refractivity contribution in [3.63, 3.8) is 0 Å². The van der Waals surface area contributed by atoms with Crippen LogP contribution in [0.15, 0.2) is 65.4 Å². The first-order valence-corrected chi connectivity index (χ1v) is 12.4. The average molecular weight is 588 g/mol. The van der Waals surface area contributed by atoms with Gasteiger partial charge in [-0.15, -0.1) is 0 Å². The lowest BCUT2D eigenvalue weighted by atomic mass is 10.0. The van der Waals surface area contributed by atoms with Gasteiger partial charge in [-0.05, 0) is 70.9 Å². The Balaban J connectivity index is 0.000000343. The zero-order chi connectivity index (χ0) is 25.7. The van der Waals surface area contributed by atoms with E-state index in [2.05, 4.69) is 40.6 Å². The predicted octanol–water partition coefficient (Wildman–Crippen LogP) is 8.05. The number of thiol groups is 1. The topological polar surface area (TPSA) is 54.9 Å². The third kappa shape index (κ3) is 9.66. The Morgan fingerprint density at radius 3 is 2.24 bits per heavy atom. The van der Waals surface area contributed by atoms with Gasteiger partial charge in [0.1, 0.15) is 5.82 Å². The number of aromatic nitrogens is 2. The van der Waals surface area contributed by atoms with Crippen molar-refractivity contribution in [3.05, 3.63) is 104 Å². The van der Waals surface area contributed by atoms with Crippen LogP contribution in [0.4, 0.5) is 4.39 Å². The average Bonchev–Trinajstić information content (AvgIpc) is 2.81. The fourth-order valence-corrected chi connectivity index (χ4v) is 3.41. The number of benzene rings is 2. The Morgan fingerprint density at radius 2 is 1.74 bits per heavy atom. The Morgan fingerprint density at radius 1 is 1.15 bits per heavy atom. The molecular formula is C25H26BrCl2FN2O2S. The number of aryl methyl sites for hydroxylation is 2. The van der Waals surface area contributed by atoms with Crippen molar-refractivity contribution in [1.82, 2.24) is 9.78 Å². The van der Waals surface area contributed by atoms with E-state index in [1.54, 1.807) is 54.5 Å². The molecule has 1 heterocycles. The molecule has 0 aliphatic carbocycles. The maximum absolute atomic E-state index is 13.8. The van der Waals surface area contributed by atoms with Gasteiger partial charge in [-0.3, -0.25) is 14.3 Å². The van der Waals surface area contributed by atoms with Crippen LogP contribution in [0.1, 0.15) is 45.2 Å². The quantitative estimate of drug-likeness (QED) is 0.184. The number of rotatable bonds is 4. The molecule has 9 heteroatoms. The SMILES string of the molecule is CCCS.Cc1cc(Br)c[nH]n(C)cc1C(=O)c1ccccc1F.O=Cc1c(Cl)cccc1Cl. The molecule has 0 radical (unpaired) electrons. The smallest absolute Gasteiger partial charge is 0.197 e. The zero-order valence-corrected chi connectivity index (χ0v) is 23.0. The monoisotopic (exact) mass is 586 g/mol. The number of carbonyl (C=O) groups excluding carboxylic acids is 2. The Hall–Kier alpha value is -2.06. The van der Waals surface area contributed by atoms with Crippen LogP contribution in [0.2, 0.25) is 10.0 Å². The number of carbonyl (C=O) groups is 2. The number of hydrogen-bond acceptors (Lipinski definition) is 3. The van der Waals surface area contributed by atoms with Gasteiger partial charge in [0.05, 0.1) is 21.2 Å². The second kappa shape index (κ2) is 15.8. The highest BCUT2D eigenvalue weighted by molar-refractivity contribution is 9.10. The molecule has 3 rings (SSSR count). The summed E-state index contributed by atoms with van der Waals surface area (Å²) >= 11 is 18.5. The Bertz CT molecular complexity index is 1140. The third-order valence-corrected chi connectivity index (χ3v) is 5.78. The molecule has 0 aliphatic heterocycles. The maximum atomic E-state index is 13.8. The fourth-order valence-electron chi connectivity index (χ4n) is 2.47. The van der Waals surface area contributed by atoms with E-state index in [1.807, 2.05) is 13.0 Å². The highest BCUT2D eigenvalue weighted by Gasteiger charge is 2.15. The minimum atomic E-state index is -0.515. The van der Waals surface area contributed by atoms with Crippen molar-refractivity contribution in [2.24, 2.45) is 7.05 Å². The number of aromatic amines is 1. The van der Waals surface area contributed by atoms with E-state index in [-0.39, 0.29) is 11.3 Å². The van der Waals surface area contributed by atoms with Gasteiger partial charge in [0.25, 0.3) is 0 Å². The maximum Gasteiger partial charge on any atom is 0.197 e. The summed E-state index contributed by atoms with van der Waals surface area (Å²) in [6, 6.07) is 12.7. The summed E-state index contributed by atoms with van der Waals surface area (Å²) in [6.07, 6.45) is 5.23. The standard InChI is InChI=1S/C15H14BrFN2O.C7H4Cl2O.C3H8S/c1-10-7-11(16)8-18-19(2)9-13(10)15(20)12-5-3-4-6-14(12)17;8-6-2-1-3-7(9)5(6)4-10;1-2-3-4/h3-9,18H,1-2H3;1-4H;4H,2-3H2,1H3.